The molecule has 1 atom stereocenters. The Balaban J connectivity index is 3.02. The molecule has 1 unspecified atom stereocenters. The zero-order valence-electron chi connectivity index (χ0n) is 8.58. The summed E-state index contributed by atoms with van der Waals surface area (Å²) in [5.74, 6) is -2.83. The van der Waals surface area contributed by atoms with Crippen molar-refractivity contribution >= 4 is 0 Å². The van der Waals surface area contributed by atoms with E-state index in [1.807, 2.05) is 0 Å². The smallest absolute Gasteiger partial charge is 0.273 e. The fourth-order valence-corrected chi connectivity index (χ4v) is 1.31. The van der Waals surface area contributed by atoms with Crippen molar-refractivity contribution in [3.05, 3.63) is 35.4 Å². The van der Waals surface area contributed by atoms with Crippen LogP contribution in [0.1, 0.15) is 30.5 Å². The first-order valence-corrected chi connectivity index (χ1v) is 4.86. The van der Waals surface area contributed by atoms with Crippen molar-refractivity contribution < 1.29 is 13.9 Å². The van der Waals surface area contributed by atoms with Crippen LogP contribution in [0.5, 0.6) is 0 Å². The highest BCUT2D eigenvalue weighted by atomic mass is 19.3. The number of aliphatic hydroxyl groups excluding tert-OH is 1. The Morgan fingerprint density at radius 2 is 2.13 bits per heavy atom. The number of alkyl halides is 2. The quantitative estimate of drug-likeness (QED) is 0.808. The molecule has 3 N–H and O–H groups in total. The largest absolute Gasteiger partial charge is 0.394 e. The minimum atomic E-state index is -2.83. The topological polar surface area (TPSA) is 46.2 Å². The first kappa shape index (κ1) is 12.1. The van der Waals surface area contributed by atoms with Gasteiger partial charge < -0.3 is 10.8 Å². The Kier molecular flexibility index (Phi) is 3.77. The molecule has 0 aliphatic heterocycles. The van der Waals surface area contributed by atoms with Gasteiger partial charge >= 0.3 is 0 Å². The molecule has 0 saturated carbocycles. The van der Waals surface area contributed by atoms with Crippen molar-refractivity contribution in [1.82, 2.24) is 0 Å². The Hall–Kier alpha value is -1.00. The average molecular weight is 215 g/mol. The normalized spacial score (nSPS) is 13.9. The van der Waals surface area contributed by atoms with Gasteiger partial charge in [-0.05, 0) is 11.6 Å². The number of benzene rings is 1. The van der Waals surface area contributed by atoms with Crippen LogP contribution in [0.3, 0.4) is 0 Å². The summed E-state index contributed by atoms with van der Waals surface area (Å²) in [5, 5.41) is 8.83. The van der Waals surface area contributed by atoms with E-state index in [0.29, 0.717) is 5.56 Å². The van der Waals surface area contributed by atoms with Gasteiger partial charge in [0.15, 0.2) is 0 Å². The summed E-state index contributed by atoms with van der Waals surface area (Å²) in [6.07, 6.45) is -0.245. The van der Waals surface area contributed by atoms with Crippen molar-refractivity contribution in [3.63, 3.8) is 0 Å². The summed E-state index contributed by atoms with van der Waals surface area (Å²) < 4.78 is 26.7. The summed E-state index contributed by atoms with van der Waals surface area (Å²) in [5.41, 5.74) is 6.03. The summed E-state index contributed by atoms with van der Waals surface area (Å²) in [6.45, 7) is 1.18. The molecule has 0 aliphatic rings. The number of hydrogen-bond donors (Lipinski definition) is 2. The molecule has 0 aliphatic carbocycles. The Bertz CT molecular complexity index is 328. The van der Waals surface area contributed by atoms with Crippen LogP contribution in [0.25, 0.3) is 0 Å². The Morgan fingerprint density at radius 1 is 1.47 bits per heavy atom. The number of hydrogen-bond acceptors (Lipinski definition) is 2. The van der Waals surface area contributed by atoms with Gasteiger partial charge in [0, 0.05) is 12.0 Å². The molecule has 0 aromatic heterocycles. The first-order chi connectivity index (χ1) is 7.01. The van der Waals surface area contributed by atoms with E-state index in [4.69, 9.17) is 10.8 Å². The molecule has 0 saturated heterocycles. The van der Waals surface area contributed by atoms with Crippen LogP contribution in [0, 0.1) is 0 Å². The van der Waals surface area contributed by atoms with Crippen LogP contribution >= 0.6 is 0 Å². The lowest BCUT2D eigenvalue weighted by molar-refractivity contribution is -0.00839. The zero-order chi connectivity index (χ0) is 11.5. The van der Waals surface area contributed by atoms with Crippen LogP contribution in [0.15, 0.2) is 24.3 Å². The molecule has 0 bridgehead atoms. The monoisotopic (exact) mass is 215 g/mol. The predicted molar refractivity (Wildman–Crippen MR) is 54.6 cm³/mol. The molecule has 0 amide bonds. The molecular weight excluding hydrogens is 200 g/mol. The lowest BCUT2D eigenvalue weighted by Crippen LogP contribution is -2.17. The third-order valence-electron chi connectivity index (χ3n) is 2.38. The summed E-state index contributed by atoms with van der Waals surface area (Å²) >= 11 is 0. The van der Waals surface area contributed by atoms with Gasteiger partial charge in [0.2, 0.25) is 0 Å². The van der Waals surface area contributed by atoms with Crippen LogP contribution in [0.2, 0.25) is 0 Å². The average Bonchev–Trinajstić information content (AvgIpc) is 2.28. The maximum absolute atomic E-state index is 13.3. The second kappa shape index (κ2) is 4.68. The molecule has 0 fully saturated rings. The fourth-order valence-electron chi connectivity index (χ4n) is 1.31. The molecule has 84 valence electrons. The van der Waals surface area contributed by atoms with Crippen molar-refractivity contribution in [2.75, 3.05) is 6.61 Å². The van der Waals surface area contributed by atoms with E-state index in [1.54, 1.807) is 6.07 Å². The number of rotatable bonds is 4. The summed E-state index contributed by atoms with van der Waals surface area (Å²) in [6, 6.07) is 5.29. The molecule has 1 aromatic carbocycles. The molecule has 0 spiro atoms. The molecule has 1 rings (SSSR count). The SMILES string of the molecule is CCC(F)(F)c1cccc(C(N)CO)c1. The highest BCUT2D eigenvalue weighted by Gasteiger charge is 2.29. The van der Waals surface area contributed by atoms with E-state index >= 15 is 0 Å². The van der Waals surface area contributed by atoms with E-state index in [1.165, 1.54) is 25.1 Å². The standard InChI is InChI=1S/C11H15F2NO/c1-2-11(12,13)9-5-3-4-8(6-9)10(14)7-15/h3-6,10,15H,2,7,14H2,1H3. The fraction of sp³-hybridized carbons (Fsp3) is 0.455. The minimum absolute atomic E-state index is 0.0496. The molecular formula is C11H15F2NO. The minimum Gasteiger partial charge on any atom is -0.394 e. The molecule has 2 nitrogen and oxygen atoms in total. The van der Waals surface area contributed by atoms with Crippen LogP contribution < -0.4 is 5.73 Å². The molecule has 15 heavy (non-hydrogen) atoms. The third kappa shape index (κ3) is 2.73. The second-order valence-electron chi connectivity index (χ2n) is 3.47. The van der Waals surface area contributed by atoms with E-state index in [-0.39, 0.29) is 18.6 Å². The second-order valence-corrected chi connectivity index (χ2v) is 3.47. The maximum atomic E-state index is 13.3. The van der Waals surface area contributed by atoms with Gasteiger partial charge in [0.25, 0.3) is 5.92 Å². The van der Waals surface area contributed by atoms with E-state index in [9.17, 15) is 8.78 Å². The van der Waals surface area contributed by atoms with Crippen molar-refractivity contribution in [2.45, 2.75) is 25.3 Å². The van der Waals surface area contributed by atoms with Crippen molar-refractivity contribution in [1.29, 1.82) is 0 Å². The van der Waals surface area contributed by atoms with Crippen LogP contribution in [-0.2, 0) is 5.92 Å². The molecule has 1 aromatic rings. The number of nitrogens with two attached hydrogens (primary N) is 1. The lowest BCUT2D eigenvalue weighted by atomic mass is 10.0. The summed E-state index contributed by atoms with van der Waals surface area (Å²) in [4.78, 5) is 0. The van der Waals surface area contributed by atoms with Gasteiger partial charge in [-0.1, -0.05) is 25.1 Å². The third-order valence-corrected chi connectivity index (χ3v) is 2.38. The van der Waals surface area contributed by atoms with Crippen LogP contribution in [-0.4, -0.2) is 11.7 Å². The molecule has 4 heteroatoms. The first-order valence-electron chi connectivity index (χ1n) is 4.86. The van der Waals surface area contributed by atoms with Gasteiger partial charge in [-0.15, -0.1) is 0 Å². The molecule has 0 heterocycles. The Morgan fingerprint density at radius 3 is 2.67 bits per heavy atom. The van der Waals surface area contributed by atoms with E-state index < -0.39 is 12.0 Å². The number of aliphatic hydroxyl groups is 1. The Labute approximate surface area is 87.7 Å². The predicted octanol–water partition coefficient (Wildman–Crippen LogP) is 2.18. The van der Waals surface area contributed by atoms with E-state index in [2.05, 4.69) is 0 Å². The van der Waals surface area contributed by atoms with Gasteiger partial charge in [-0.2, -0.15) is 0 Å². The van der Waals surface area contributed by atoms with Gasteiger partial charge in [-0.25, -0.2) is 8.78 Å². The highest BCUT2D eigenvalue weighted by Crippen LogP contribution is 2.32. The molecule has 0 radical (unpaired) electrons. The van der Waals surface area contributed by atoms with Gasteiger partial charge in [-0.3, -0.25) is 0 Å². The summed E-state index contributed by atoms with van der Waals surface area (Å²) in [7, 11) is 0. The lowest BCUT2D eigenvalue weighted by Gasteiger charge is -2.16. The number of halogens is 2. The zero-order valence-corrected chi connectivity index (χ0v) is 8.58. The maximum Gasteiger partial charge on any atom is 0.273 e. The van der Waals surface area contributed by atoms with Crippen molar-refractivity contribution in [3.8, 4) is 0 Å². The van der Waals surface area contributed by atoms with Gasteiger partial charge in [0.05, 0.1) is 12.6 Å². The van der Waals surface area contributed by atoms with Gasteiger partial charge in [0.1, 0.15) is 0 Å². The van der Waals surface area contributed by atoms with E-state index in [0.717, 1.165) is 0 Å². The highest BCUT2D eigenvalue weighted by molar-refractivity contribution is 5.28. The van der Waals surface area contributed by atoms with Crippen LogP contribution in [0.4, 0.5) is 8.78 Å². The van der Waals surface area contributed by atoms with Crippen molar-refractivity contribution in [2.24, 2.45) is 5.73 Å².